The quantitative estimate of drug-likeness (QED) is 0.208. The number of rotatable bonds is 14. The SMILES string of the molecule is CN[C@@H](CCCCNC(=O)c1ccc(/C(C)=N\OCCCON)cc1)C(N)=O. The van der Waals surface area contributed by atoms with Gasteiger partial charge in [0.1, 0.15) is 6.61 Å². The highest BCUT2D eigenvalue weighted by Crippen LogP contribution is 2.07. The highest BCUT2D eigenvalue weighted by molar-refractivity contribution is 6.00. The van der Waals surface area contributed by atoms with Crippen molar-refractivity contribution in [3.8, 4) is 0 Å². The summed E-state index contributed by atoms with van der Waals surface area (Å²) in [5, 5.41) is 9.77. The molecule has 0 unspecified atom stereocenters. The number of carbonyl (C=O) groups is 2. The van der Waals surface area contributed by atoms with Crippen LogP contribution in [0, 0.1) is 0 Å². The van der Waals surface area contributed by atoms with Gasteiger partial charge in [0.15, 0.2) is 0 Å². The predicted octanol–water partition coefficient (Wildman–Crippen LogP) is 0.681. The zero-order valence-electron chi connectivity index (χ0n) is 16.6. The fourth-order valence-electron chi connectivity index (χ4n) is 2.47. The fourth-order valence-corrected chi connectivity index (χ4v) is 2.47. The second-order valence-corrected chi connectivity index (χ2v) is 6.31. The molecule has 0 saturated carbocycles. The minimum atomic E-state index is -0.361. The molecule has 0 aromatic heterocycles. The number of benzene rings is 1. The molecule has 0 heterocycles. The zero-order valence-corrected chi connectivity index (χ0v) is 16.6. The van der Waals surface area contributed by atoms with Crippen molar-refractivity contribution >= 4 is 17.5 Å². The lowest BCUT2D eigenvalue weighted by atomic mass is 10.1. The topological polar surface area (TPSA) is 141 Å². The number of hydrogen-bond acceptors (Lipinski definition) is 7. The van der Waals surface area contributed by atoms with Gasteiger partial charge in [-0.2, -0.15) is 0 Å². The number of nitrogens with one attached hydrogen (secondary N) is 2. The maximum atomic E-state index is 12.2. The third kappa shape index (κ3) is 8.94. The van der Waals surface area contributed by atoms with Gasteiger partial charge in [0.05, 0.1) is 18.4 Å². The van der Waals surface area contributed by atoms with E-state index >= 15 is 0 Å². The molecule has 1 rings (SSSR count). The Hall–Kier alpha value is -2.49. The van der Waals surface area contributed by atoms with E-state index in [0.29, 0.717) is 43.9 Å². The Balaban J connectivity index is 2.36. The largest absolute Gasteiger partial charge is 0.395 e. The van der Waals surface area contributed by atoms with E-state index in [0.717, 1.165) is 18.4 Å². The molecule has 0 aliphatic carbocycles. The summed E-state index contributed by atoms with van der Waals surface area (Å²) >= 11 is 0. The predicted molar refractivity (Wildman–Crippen MR) is 108 cm³/mol. The number of unbranched alkanes of at least 4 members (excludes halogenated alkanes) is 1. The summed E-state index contributed by atoms with van der Waals surface area (Å²) in [5.41, 5.74) is 7.43. The molecule has 9 heteroatoms. The highest BCUT2D eigenvalue weighted by Gasteiger charge is 2.11. The first-order valence-corrected chi connectivity index (χ1v) is 9.33. The molecule has 2 amide bonds. The second-order valence-electron chi connectivity index (χ2n) is 6.31. The van der Waals surface area contributed by atoms with Crippen LogP contribution < -0.4 is 22.3 Å². The molecule has 0 saturated heterocycles. The molecule has 0 aliphatic heterocycles. The molecule has 0 bridgehead atoms. The third-order valence-electron chi connectivity index (χ3n) is 4.16. The summed E-state index contributed by atoms with van der Waals surface area (Å²) < 4.78 is 0. The number of amides is 2. The lowest BCUT2D eigenvalue weighted by Crippen LogP contribution is -2.39. The van der Waals surface area contributed by atoms with Crippen molar-refractivity contribution in [2.75, 3.05) is 26.8 Å². The normalized spacial score (nSPS) is 12.5. The van der Waals surface area contributed by atoms with Crippen molar-refractivity contribution < 1.29 is 19.3 Å². The van der Waals surface area contributed by atoms with E-state index in [-0.39, 0.29) is 17.9 Å². The Labute approximate surface area is 165 Å². The van der Waals surface area contributed by atoms with Crippen molar-refractivity contribution in [2.24, 2.45) is 16.8 Å². The summed E-state index contributed by atoms with van der Waals surface area (Å²) in [7, 11) is 1.70. The molecule has 1 aromatic carbocycles. The lowest BCUT2D eigenvalue weighted by molar-refractivity contribution is -0.120. The average molecular weight is 393 g/mol. The van der Waals surface area contributed by atoms with Crippen molar-refractivity contribution in [2.45, 2.75) is 38.6 Å². The Kier molecular flexibility index (Phi) is 11.5. The van der Waals surface area contributed by atoms with Crippen LogP contribution in [0.15, 0.2) is 29.4 Å². The molecule has 9 nitrogen and oxygen atoms in total. The standard InChI is InChI=1S/C19H31N5O4/c1-14(24-28-13-5-12-27-21)15-7-9-16(10-8-15)19(26)23-11-4-3-6-17(22-2)18(20)25/h7-10,17,22H,3-6,11-13,21H2,1-2H3,(H2,20,25)(H,23,26)/b24-14-/t17-/m0/s1. The van der Waals surface area contributed by atoms with E-state index < -0.39 is 0 Å². The van der Waals surface area contributed by atoms with Crippen LogP contribution in [0.1, 0.15) is 48.5 Å². The fraction of sp³-hybridized carbons (Fsp3) is 0.526. The smallest absolute Gasteiger partial charge is 0.251 e. The van der Waals surface area contributed by atoms with Gasteiger partial charge in [0.2, 0.25) is 5.91 Å². The van der Waals surface area contributed by atoms with Crippen LogP contribution in [0.5, 0.6) is 0 Å². The van der Waals surface area contributed by atoms with Crippen molar-refractivity contribution in [3.05, 3.63) is 35.4 Å². The zero-order chi connectivity index (χ0) is 20.8. The van der Waals surface area contributed by atoms with E-state index in [1.807, 2.05) is 19.1 Å². The number of primary amides is 1. The molecular formula is C19H31N5O4. The Morgan fingerprint density at radius 2 is 1.79 bits per heavy atom. The van der Waals surface area contributed by atoms with Gasteiger partial charge in [-0.25, -0.2) is 5.90 Å². The molecule has 0 fully saturated rings. The maximum Gasteiger partial charge on any atom is 0.251 e. The summed E-state index contributed by atoms with van der Waals surface area (Å²) in [5.74, 6) is 4.43. The molecule has 156 valence electrons. The van der Waals surface area contributed by atoms with E-state index in [4.69, 9.17) is 16.5 Å². The molecule has 1 aromatic rings. The number of hydrogen-bond donors (Lipinski definition) is 4. The van der Waals surface area contributed by atoms with Crippen LogP contribution >= 0.6 is 0 Å². The number of nitrogens with zero attached hydrogens (tertiary/aromatic N) is 1. The Morgan fingerprint density at radius 3 is 2.39 bits per heavy atom. The summed E-state index contributed by atoms with van der Waals surface area (Å²) in [4.78, 5) is 32.9. The average Bonchev–Trinajstić information content (AvgIpc) is 2.70. The first kappa shape index (κ1) is 23.5. The molecule has 28 heavy (non-hydrogen) atoms. The minimum Gasteiger partial charge on any atom is -0.395 e. The molecule has 1 atom stereocenters. The molecule has 0 radical (unpaired) electrons. The van der Waals surface area contributed by atoms with Gasteiger partial charge in [0, 0.05) is 18.5 Å². The number of carbonyl (C=O) groups excluding carboxylic acids is 2. The Morgan fingerprint density at radius 1 is 1.11 bits per heavy atom. The Bertz CT molecular complexity index is 634. The van der Waals surface area contributed by atoms with E-state index in [2.05, 4.69) is 20.6 Å². The highest BCUT2D eigenvalue weighted by atomic mass is 16.6. The number of nitrogens with two attached hydrogens (primary N) is 2. The molecular weight excluding hydrogens is 362 g/mol. The maximum absolute atomic E-state index is 12.2. The lowest BCUT2D eigenvalue weighted by Gasteiger charge is -2.12. The van der Waals surface area contributed by atoms with E-state index in [9.17, 15) is 9.59 Å². The van der Waals surface area contributed by atoms with Crippen molar-refractivity contribution in [1.29, 1.82) is 0 Å². The first-order chi connectivity index (χ1) is 13.5. The van der Waals surface area contributed by atoms with E-state index in [1.54, 1.807) is 19.2 Å². The molecule has 6 N–H and O–H groups in total. The second kappa shape index (κ2) is 13.6. The van der Waals surface area contributed by atoms with E-state index in [1.165, 1.54) is 0 Å². The van der Waals surface area contributed by atoms with Gasteiger partial charge in [-0.05, 0) is 50.9 Å². The van der Waals surface area contributed by atoms with Crippen LogP contribution in [0.2, 0.25) is 0 Å². The number of oxime groups is 1. The van der Waals surface area contributed by atoms with Gasteiger partial charge in [-0.1, -0.05) is 17.3 Å². The van der Waals surface area contributed by atoms with Crippen LogP contribution in [0.25, 0.3) is 0 Å². The van der Waals surface area contributed by atoms with Gasteiger partial charge in [-0.15, -0.1) is 0 Å². The monoisotopic (exact) mass is 393 g/mol. The van der Waals surface area contributed by atoms with Crippen LogP contribution in [0.4, 0.5) is 0 Å². The first-order valence-electron chi connectivity index (χ1n) is 9.33. The molecule has 0 aliphatic rings. The third-order valence-corrected chi connectivity index (χ3v) is 4.16. The minimum absolute atomic E-state index is 0.140. The van der Waals surface area contributed by atoms with Crippen LogP contribution in [0.3, 0.4) is 0 Å². The van der Waals surface area contributed by atoms with Gasteiger partial charge in [-0.3, -0.25) is 9.59 Å². The van der Waals surface area contributed by atoms with Crippen LogP contribution in [-0.2, 0) is 14.5 Å². The number of likely N-dealkylation sites (N-methyl/N-ethyl adjacent to an activating group) is 1. The van der Waals surface area contributed by atoms with Gasteiger partial charge >= 0.3 is 0 Å². The van der Waals surface area contributed by atoms with Gasteiger partial charge < -0.3 is 26.0 Å². The van der Waals surface area contributed by atoms with Crippen LogP contribution in [-0.4, -0.2) is 50.4 Å². The molecule has 0 spiro atoms. The summed E-state index contributed by atoms with van der Waals surface area (Å²) in [6.07, 6.45) is 2.87. The van der Waals surface area contributed by atoms with Gasteiger partial charge in [0.25, 0.3) is 5.91 Å². The van der Waals surface area contributed by atoms with Crippen molar-refractivity contribution in [3.63, 3.8) is 0 Å². The summed E-state index contributed by atoms with van der Waals surface area (Å²) in [6, 6.07) is 6.81. The van der Waals surface area contributed by atoms with Crippen molar-refractivity contribution in [1.82, 2.24) is 10.6 Å². The summed E-state index contributed by atoms with van der Waals surface area (Å²) in [6.45, 7) is 3.21.